The minimum Gasteiger partial charge on any atom is -0.445 e. The number of hydrogen-bond donors (Lipinski definition) is 2. The first-order valence-electron chi connectivity index (χ1n) is 7.23. The zero-order valence-corrected chi connectivity index (χ0v) is 11.5. The SMILES string of the molecule is O=C(NC1CN([C@H]2CCNC2)C1)OCc1ccccc1. The Morgan fingerprint density at radius 1 is 1.35 bits per heavy atom. The Labute approximate surface area is 119 Å². The highest BCUT2D eigenvalue weighted by molar-refractivity contribution is 5.67. The van der Waals surface area contributed by atoms with E-state index in [4.69, 9.17) is 4.74 Å². The van der Waals surface area contributed by atoms with Gasteiger partial charge in [0.1, 0.15) is 6.61 Å². The number of nitrogens with one attached hydrogen (secondary N) is 2. The van der Waals surface area contributed by atoms with Crippen LogP contribution in [0.4, 0.5) is 4.79 Å². The van der Waals surface area contributed by atoms with E-state index in [2.05, 4.69) is 15.5 Å². The van der Waals surface area contributed by atoms with E-state index in [-0.39, 0.29) is 12.1 Å². The third kappa shape index (κ3) is 3.29. The van der Waals surface area contributed by atoms with E-state index >= 15 is 0 Å². The molecule has 0 aromatic heterocycles. The van der Waals surface area contributed by atoms with Crippen LogP contribution in [0.2, 0.25) is 0 Å². The molecule has 108 valence electrons. The normalized spacial score (nSPS) is 23.3. The summed E-state index contributed by atoms with van der Waals surface area (Å²) >= 11 is 0. The molecule has 2 heterocycles. The van der Waals surface area contributed by atoms with Gasteiger partial charge in [-0.3, -0.25) is 4.90 Å². The van der Waals surface area contributed by atoms with Crippen LogP contribution in [0.15, 0.2) is 30.3 Å². The fraction of sp³-hybridized carbons (Fsp3) is 0.533. The summed E-state index contributed by atoms with van der Waals surface area (Å²) < 4.78 is 5.21. The topological polar surface area (TPSA) is 53.6 Å². The first-order chi connectivity index (χ1) is 9.81. The Bertz CT molecular complexity index is 440. The molecule has 5 nitrogen and oxygen atoms in total. The van der Waals surface area contributed by atoms with Gasteiger partial charge in [0.2, 0.25) is 0 Å². The zero-order chi connectivity index (χ0) is 13.8. The maximum Gasteiger partial charge on any atom is 0.407 e. The van der Waals surface area contributed by atoms with Crippen molar-refractivity contribution in [2.24, 2.45) is 0 Å². The monoisotopic (exact) mass is 275 g/mol. The lowest BCUT2D eigenvalue weighted by Crippen LogP contribution is -2.62. The van der Waals surface area contributed by atoms with Crippen molar-refractivity contribution in [1.29, 1.82) is 0 Å². The van der Waals surface area contributed by atoms with Gasteiger partial charge in [-0.05, 0) is 18.5 Å². The van der Waals surface area contributed by atoms with Crippen LogP contribution in [0.5, 0.6) is 0 Å². The third-order valence-electron chi connectivity index (χ3n) is 4.00. The molecule has 0 radical (unpaired) electrons. The molecule has 20 heavy (non-hydrogen) atoms. The second-order valence-electron chi connectivity index (χ2n) is 5.50. The van der Waals surface area contributed by atoms with Gasteiger partial charge >= 0.3 is 6.09 Å². The number of carbonyl (C=O) groups excluding carboxylic acids is 1. The van der Waals surface area contributed by atoms with Gasteiger partial charge in [-0.2, -0.15) is 0 Å². The average molecular weight is 275 g/mol. The van der Waals surface area contributed by atoms with Crippen molar-refractivity contribution in [3.63, 3.8) is 0 Å². The molecule has 1 aromatic rings. The summed E-state index contributed by atoms with van der Waals surface area (Å²) in [5.74, 6) is 0. The van der Waals surface area contributed by atoms with E-state index in [0.29, 0.717) is 12.6 Å². The van der Waals surface area contributed by atoms with E-state index in [1.807, 2.05) is 30.3 Å². The quantitative estimate of drug-likeness (QED) is 0.859. The van der Waals surface area contributed by atoms with E-state index in [1.54, 1.807) is 0 Å². The lowest BCUT2D eigenvalue weighted by Gasteiger charge is -2.42. The van der Waals surface area contributed by atoms with Crippen molar-refractivity contribution in [3.05, 3.63) is 35.9 Å². The average Bonchev–Trinajstić information content (AvgIpc) is 2.95. The van der Waals surface area contributed by atoms with E-state index in [9.17, 15) is 4.79 Å². The Morgan fingerprint density at radius 3 is 2.85 bits per heavy atom. The highest BCUT2D eigenvalue weighted by Crippen LogP contribution is 2.16. The van der Waals surface area contributed by atoms with E-state index in [1.165, 1.54) is 6.42 Å². The fourth-order valence-corrected chi connectivity index (χ4v) is 2.78. The Balaban J connectivity index is 1.34. The zero-order valence-electron chi connectivity index (χ0n) is 11.5. The van der Waals surface area contributed by atoms with Crippen molar-refractivity contribution >= 4 is 6.09 Å². The second-order valence-corrected chi connectivity index (χ2v) is 5.50. The van der Waals surface area contributed by atoms with Gasteiger partial charge in [-0.15, -0.1) is 0 Å². The molecule has 1 amide bonds. The van der Waals surface area contributed by atoms with Crippen LogP contribution in [0.1, 0.15) is 12.0 Å². The van der Waals surface area contributed by atoms with Crippen molar-refractivity contribution < 1.29 is 9.53 Å². The molecular formula is C15H21N3O2. The van der Waals surface area contributed by atoms with Crippen LogP contribution in [0.3, 0.4) is 0 Å². The minimum atomic E-state index is -0.317. The Hall–Kier alpha value is -1.59. The van der Waals surface area contributed by atoms with Crippen LogP contribution in [0.25, 0.3) is 0 Å². The molecule has 1 atom stereocenters. The summed E-state index contributed by atoms with van der Waals surface area (Å²) in [6.45, 7) is 4.39. The van der Waals surface area contributed by atoms with Crippen molar-refractivity contribution in [1.82, 2.24) is 15.5 Å². The standard InChI is InChI=1S/C15H21N3O2/c19-15(20-11-12-4-2-1-3-5-12)17-13-9-18(10-13)14-6-7-16-8-14/h1-5,13-14,16H,6-11H2,(H,17,19)/t14-/m0/s1. The first-order valence-corrected chi connectivity index (χ1v) is 7.23. The minimum absolute atomic E-state index is 0.235. The molecule has 2 aliphatic rings. The molecule has 0 bridgehead atoms. The maximum absolute atomic E-state index is 11.7. The third-order valence-corrected chi connectivity index (χ3v) is 4.00. The van der Waals surface area contributed by atoms with Gasteiger partial charge < -0.3 is 15.4 Å². The van der Waals surface area contributed by atoms with Gasteiger partial charge in [0.15, 0.2) is 0 Å². The highest BCUT2D eigenvalue weighted by atomic mass is 16.5. The van der Waals surface area contributed by atoms with Crippen LogP contribution in [-0.2, 0) is 11.3 Å². The van der Waals surface area contributed by atoms with Crippen LogP contribution < -0.4 is 10.6 Å². The van der Waals surface area contributed by atoms with Gasteiger partial charge in [-0.1, -0.05) is 30.3 Å². The number of amides is 1. The molecule has 0 unspecified atom stereocenters. The van der Waals surface area contributed by atoms with E-state index < -0.39 is 0 Å². The smallest absolute Gasteiger partial charge is 0.407 e. The molecule has 2 N–H and O–H groups in total. The number of likely N-dealkylation sites (tertiary alicyclic amines) is 1. The van der Waals surface area contributed by atoms with Crippen molar-refractivity contribution in [2.45, 2.75) is 25.1 Å². The number of carbonyl (C=O) groups is 1. The summed E-state index contributed by atoms with van der Waals surface area (Å²) in [6.07, 6.45) is 0.897. The van der Waals surface area contributed by atoms with Crippen LogP contribution in [-0.4, -0.2) is 49.3 Å². The molecular weight excluding hydrogens is 254 g/mol. The number of benzene rings is 1. The summed E-state index contributed by atoms with van der Waals surface area (Å²) in [5.41, 5.74) is 1.01. The molecule has 3 rings (SSSR count). The Kier molecular flexibility index (Phi) is 4.18. The number of rotatable bonds is 4. The lowest BCUT2D eigenvalue weighted by molar-refractivity contribution is 0.0725. The van der Waals surface area contributed by atoms with E-state index in [0.717, 1.165) is 31.7 Å². The van der Waals surface area contributed by atoms with Crippen LogP contribution >= 0.6 is 0 Å². The predicted octanol–water partition coefficient (Wildman–Crippen LogP) is 0.959. The van der Waals surface area contributed by atoms with Gasteiger partial charge in [0.25, 0.3) is 0 Å². The number of ether oxygens (including phenoxy) is 1. The molecule has 1 aromatic carbocycles. The summed E-state index contributed by atoms with van der Waals surface area (Å²) in [7, 11) is 0. The van der Waals surface area contributed by atoms with Gasteiger partial charge in [-0.25, -0.2) is 4.79 Å². The summed E-state index contributed by atoms with van der Waals surface area (Å²) in [5, 5.41) is 6.28. The summed E-state index contributed by atoms with van der Waals surface area (Å²) in [6, 6.07) is 10.6. The molecule has 0 spiro atoms. The number of hydrogen-bond acceptors (Lipinski definition) is 4. The second kappa shape index (κ2) is 6.24. The molecule has 0 aliphatic carbocycles. The van der Waals surface area contributed by atoms with Crippen molar-refractivity contribution in [2.75, 3.05) is 26.2 Å². The largest absolute Gasteiger partial charge is 0.445 e. The van der Waals surface area contributed by atoms with Crippen LogP contribution in [0, 0.1) is 0 Å². The summed E-state index contributed by atoms with van der Waals surface area (Å²) in [4.78, 5) is 14.1. The highest BCUT2D eigenvalue weighted by Gasteiger charge is 2.34. The van der Waals surface area contributed by atoms with Gasteiger partial charge in [0.05, 0.1) is 6.04 Å². The molecule has 0 saturated carbocycles. The molecule has 2 aliphatic heterocycles. The molecule has 2 saturated heterocycles. The number of alkyl carbamates (subject to hydrolysis) is 1. The molecule has 5 heteroatoms. The van der Waals surface area contributed by atoms with Gasteiger partial charge in [0, 0.05) is 25.7 Å². The lowest BCUT2D eigenvalue weighted by atomic mass is 10.1. The number of nitrogens with zero attached hydrogens (tertiary/aromatic N) is 1. The maximum atomic E-state index is 11.7. The fourth-order valence-electron chi connectivity index (χ4n) is 2.78. The predicted molar refractivity (Wildman–Crippen MR) is 76.4 cm³/mol. The first kappa shape index (κ1) is 13.4. The molecule has 2 fully saturated rings. The Morgan fingerprint density at radius 2 is 2.15 bits per heavy atom. The van der Waals surface area contributed by atoms with Crippen molar-refractivity contribution in [3.8, 4) is 0 Å².